The third-order valence-electron chi connectivity index (χ3n) is 4.42. The van der Waals surface area contributed by atoms with Crippen molar-refractivity contribution in [3.05, 3.63) is 54.4 Å². The lowest BCUT2D eigenvalue weighted by atomic mass is 10.2. The zero-order valence-electron chi connectivity index (χ0n) is 17.0. The number of hydrogen-bond donors (Lipinski definition) is 1. The number of aromatic nitrogens is 4. The highest BCUT2D eigenvalue weighted by atomic mass is 16.5. The molecular formula is C21H21N5O4. The summed E-state index contributed by atoms with van der Waals surface area (Å²) in [6, 6.07) is 13.1. The molecule has 30 heavy (non-hydrogen) atoms. The van der Waals surface area contributed by atoms with Gasteiger partial charge in [-0.1, -0.05) is 17.7 Å². The van der Waals surface area contributed by atoms with E-state index in [9.17, 15) is 0 Å². The van der Waals surface area contributed by atoms with Gasteiger partial charge in [-0.25, -0.2) is 0 Å². The fourth-order valence-corrected chi connectivity index (χ4v) is 2.89. The van der Waals surface area contributed by atoms with E-state index in [0.717, 1.165) is 5.69 Å². The summed E-state index contributed by atoms with van der Waals surface area (Å²) in [5, 5.41) is 7.46. The van der Waals surface area contributed by atoms with E-state index < -0.39 is 0 Å². The molecule has 2 aromatic heterocycles. The van der Waals surface area contributed by atoms with E-state index in [-0.39, 0.29) is 0 Å². The first-order valence-electron chi connectivity index (χ1n) is 9.13. The Morgan fingerprint density at radius 1 is 0.900 bits per heavy atom. The average molecular weight is 407 g/mol. The molecule has 0 atom stereocenters. The Hall–Kier alpha value is -4.01. The maximum absolute atomic E-state index is 6.17. The zero-order valence-corrected chi connectivity index (χ0v) is 17.0. The molecule has 154 valence electrons. The van der Waals surface area contributed by atoms with Crippen LogP contribution in [-0.4, -0.2) is 40.9 Å². The summed E-state index contributed by atoms with van der Waals surface area (Å²) in [7, 11) is 4.66. The van der Waals surface area contributed by atoms with Gasteiger partial charge in [0.2, 0.25) is 11.6 Å². The number of nitrogens with one attached hydrogen (secondary N) is 1. The van der Waals surface area contributed by atoms with E-state index in [1.807, 2.05) is 31.2 Å². The van der Waals surface area contributed by atoms with E-state index >= 15 is 0 Å². The van der Waals surface area contributed by atoms with E-state index in [4.69, 9.17) is 18.9 Å². The predicted molar refractivity (Wildman–Crippen MR) is 111 cm³/mol. The standard InChI is InChI=1S/C21H21N5O4/c1-13-5-7-14(8-6-13)24-18-11-19(26-21(25-18)22-12-23-26)30-20-16(28-3)9-15(27-2)10-17(20)29-4/h5-12H,1-4H3,(H,22,23,24,25). The van der Waals surface area contributed by atoms with Gasteiger partial charge in [0.05, 0.1) is 21.3 Å². The van der Waals surface area contributed by atoms with Crippen LogP contribution in [0.1, 0.15) is 5.56 Å². The van der Waals surface area contributed by atoms with Gasteiger partial charge in [0.25, 0.3) is 5.78 Å². The van der Waals surface area contributed by atoms with Gasteiger partial charge in [-0.05, 0) is 19.1 Å². The topological polar surface area (TPSA) is 92.0 Å². The van der Waals surface area contributed by atoms with Crippen LogP contribution in [0, 0.1) is 6.92 Å². The summed E-state index contributed by atoms with van der Waals surface area (Å²) < 4.78 is 23.9. The fraction of sp³-hybridized carbons (Fsp3) is 0.190. The molecule has 0 spiro atoms. The number of anilines is 2. The molecular weight excluding hydrogens is 386 g/mol. The van der Waals surface area contributed by atoms with Crippen molar-refractivity contribution in [2.24, 2.45) is 0 Å². The minimum Gasteiger partial charge on any atom is -0.496 e. The molecule has 9 heteroatoms. The van der Waals surface area contributed by atoms with Crippen LogP contribution in [0.2, 0.25) is 0 Å². The smallest absolute Gasteiger partial charge is 0.257 e. The first kappa shape index (κ1) is 19.3. The summed E-state index contributed by atoms with van der Waals surface area (Å²) in [4.78, 5) is 8.67. The molecule has 0 aliphatic heterocycles. The van der Waals surface area contributed by atoms with Gasteiger partial charge in [0.15, 0.2) is 11.5 Å². The fourth-order valence-electron chi connectivity index (χ4n) is 2.89. The minimum absolute atomic E-state index is 0.380. The van der Waals surface area contributed by atoms with Gasteiger partial charge in [-0.2, -0.15) is 19.6 Å². The Balaban J connectivity index is 1.76. The zero-order chi connectivity index (χ0) is 21.1. The van der Waals surface area contributed by atoms with Gasteiger partial charge in [0, 0.05) is 23.9 Å². The van der Waals surface area contributed by atoms with Crippen molar-refractivity contribution in [3.8, 4) is 28.9 Å². The van der Waals surface area contributed by atoms with Crippen molar-refractivity contribution in [1.82, 2.24) is 19.6 Å². The van der Waals surface area contributed by atoms with Crippen LogP contribution in [-0.2, 0) is 0 Å². The Morgan fingerprint density at radius 2 is 1.60 bits per heavy atom. The highest BCUT2D eigenvalue weighted by Gasteiger charge is 2.18. The summed E-state index contributed by atoms with van der Waals surface area (Å²) in [6.07, 6.45) is 1.41. The number of ether oxygens (including phenoxy) is 4. The van der Waals surface area contributed by atoms with E-state index in [0.29, 0.717) is 40.5 Å². The first-order chi connectivity index (χ1) is 14.6. The number of methoxy groups -OCH3 is 3. The highest BCUT2D eigenvalue weighted by molar-refractivity contribution is 5.61. The Kier molecular flexibility index (Phi) is 5.25. The third kappa shape index (κ3) is 3.77. The molecule has 0 fully saturated rings. The second-order valence-corrected chi connectivity index (χ2v) is 6.41. The lowest BCUT2D eigenvalue weighted by Gasteiger charge is -2.16. The van der Waals surface area contributed by atoms with Crippen LogP contribution < -0.4 is 24.3 Å². The van der Waals surface area contributed by atoms with Gasteiger partial charge in [0.1, 0.15) is 17.9 Å². The first-order valence-corrected chi connectivity index (χ1v) is 9.13. The SMILES string of the molecule is COc1cc(OC)c(Oc2cc(Nc3ccc(C)cc3)nc3ncnn23)c(OC)c1. The van der Waals surface area contributed by atoms with E-state index in [1.54, 1.807) is 39.5 Å². The highest BCUT2D eigenvalue weighted by Crippen LogP contribution is 2.43. The molecule has 2 aromatic carbocycles. The molecule has 9 nitrogen and oxygen atoms in total. The van der Waals surface area contributed by atoms with E-state index in [1.165, 1.54) is 16.4 Å². The second-order valence-electron chi connectivity index (χ2n) is 6.41. The van der Waals surface area contributed by atoms with Crippen molar-refractivity contribution in [2.45, 2.75) is 6.92 Å². The van der Waals surface area contributed by atoms with Gasteiger partial charge >= 0.3 is 0 Å². The van der Waals surface area contributed by atoms with Gasteiger partial charge in [-0.3, -0.25) is 0 Å². The Morgan fingerprint density at radius 3 is 2.23 bits per heavy atom. The predicted octanol–water partition coefficient (Wildman–Crippen LogP) is 3.99. The van der Waals surface area contributed by atoms with Crippen LogP contribution >= 0.6 is 0 Å². The largest absolute Gasteiger partial charge is 0.496 e. The monoisotopic (exact) mass is 407 g/mol. The molecule has 0 aliphatic carbocycles. The lowest BCUT2D eigenvalue weighted by Crippen LogP contribution is -2.03. The molecule has 0 radical (unpaired) electrons. The molecule has 0 saturated heterocycles. The number of aryl methyl sites for hydroxylation is 1. The van der Waals surface area contributed by atoms with Crippen molar-refractivity contribution in [3.63, 3.8) is 0 Å². The molecule has 1 N–H and O–H groups in total. The molecule has 4 aromatic rings. The van der Waals surface area contributed by atoms with Gasteiger partial charge in [-0.15, -0.1) is 0 Å². The minimum atomic E-state index is 0.380. The number of benzene rings is 2. The van der Waals surface area contributed by atoms with Crippen LogP contribution in [0.4, 0.5) is 11.5 Å². The normalized spacial score (nSPS) is 10.7. The maximum Gasteiger partial charge on any atom is 0.257 e. The van der Waals surface area contributed by atoms with Crippen LogP contribution in [0.5, 0.6) is 28.9 Å². The van der Waals surface area contributed by atoms with E-state index in [2.05, 4.69) is 20.4 Å². The Labute approximate surface area is 173 Å². The maximum atomic E-state index is 6.17. The van der Waals surface area contributed by atoms with Crippen molar-refractivity contribution < 1.29 is 18.9 Å². The quantitative estimate of drug-likeness (QED) is 0.492. The summed E-state index contributed by atoms with van der Waals surface area (Å²) in [6.45, 7) is 2.03. The summed E-state index contributed by atoms with van der Waals surface area (Å²) in [5.74, 6) is 3.18. The number of hydrogen-bond acceptors (Lipinski definition) is 8. The molecule has 0 saturated carbocycles. The van der Waals surface area contributed by atoms with Crippen LogP contribution in [0.3, 0.4) is 0 Å². The van der Waals surface area contributed by atoms with Crippen LogP contribution in [0.25, 0.3) is 5.78 Å². The van der Waals surface area contributed by atoms with Gasteiger partial charge < -0.3 is 24.3 Å². The Bertz CT molecular complexity index is 1150. The molecule has 0 unspecified atom stereocenters. The molecule has 4 rings (SSSR count). The summed E-state index contributed by atoms with van der Waals surface area (Å²) in [5.41, 5.74) is 2.06. The van der Waals surface area contributed by atoms with Crippen molar-refractivity contribution in [1.29, 1.82) is 0 Å². The van der Waals surface area contributed by atoms with Crippen LogP contribution in [0.15, 0.2) is 48.8 Å². The molecule has 0 aliphatic rings. The number of nitrogens with zero attached hydrogens (tertiary/aromatic N) is 4. The van der Waals surface area contributed by atoms with Crippen molar-refractivity contribution >= 4 is 17.3 Å². The molecule has 0 amide bonds. The average Bonchev–Trinajstić information content (AvgIpc) is 3.24. The molecule has 2 heterocycles. The summed E-state index contributed by atoms with van der Waals surface area (Å²) >= 11 is 0. The lowest BCUT2D eigenvalue weighted by molar-refractivity contribution is 0.331. The second kappa shape index (κ2) is 8.16. The number of fused-ring (bicyclic) bond motifs is 1. The molecule has 0 bridgehead atoms. The number of rotatable bonds is 7. The van der Waals surface area contributed by atoms with Crippen molar-refractivity contribution in [2.75, 3.05) is 26.6 Å². The third-order valence-corrected chi connectivity index (χ3v) is 4.42.